The molecule has 0 aromatic carbocycles. The van der Waals surface area contributed by atoms with E-state index in [0.29, 0.717) is 19.6 Å². The van der Waals surface area contributed by atoms with Crippen molar-refractivity contribution in [3.8, 4) is 0 Å². The van der Waals surface area contributed by atoms with Crippen LogP contribution in [0.5, 0.6) is 0 Å². The number of amides is 2. The first-order valence-electron chi connectivity index (χ1n) is 5.23. The standard InChI is InChI=1S/C10H19N3O2/c1-4-10(2,7-11)13-6-5-12(3)8(14)9(13)15/h4-7,11H2,1-3H3. The molecule has 0 aromatic heterocycles. The summed E-state index contributed by atoms with van der Waals surface area (Å²) in [5, 5.41) is 0. The Bertz CT molecular complexity index is 274. The molecular formula is C10H19N3O2. The van der Waals surface area contributed by atoms with E-state index in [-0.39, 0.29) is 0 Å². The van der Waals surface area contributed by atoms with Crippen molar-refractivity contribution in [2.45, 2.75) is 25.8 Å². The van der Waals surface area contributed by atoms with E-state index in [1.54, 1.807) is 11.9 Å². The Labute approximate surface area is 90.2 Å². The number of piperazine rings is 1. The molecule has 15 heavy (non-hydrogen) atoms. The molecule has 0 bridgehead atoms. The zero-order chi connectivity index (χ0) is 11.6. The largest absolute Gasteiger partial charge is 0.336 e. The summed E-state index contributed by atoms with van der Waals surface area (Å²) in [6, 6.07) is 0. The molecule has 1 saturated heterocycles. The molecule has 2 N–H and O–H groups in total. The van der Waals surface area contributed by atoms with Crippen molar-refractivity contribution in [1.82, 2.24) is 9.80 Å². The van der Waals surface area contributed by atoms with E-state index in [0.717, 1.165) is 6.42 Å². The number of nitrogens with two attached hydrogens (primary N) is 1. The molecule has 1 fully saturated rings. The van der Waals surface area contributed by atoms with Gasteiger partial charge in [-0.05, 0) is 13.3 Å². The predicted octanol–water partition coefficient (Wildman–Crippen LogP) is -0.586. The van der Waals surface area contributed by atoms with Crippen molar-refractivity contribution in [2.75, 3.05) is 26.7 Å². The minimum atomic E-state index is -0.436. The Balaban J connectivity index is 2.88. The molecule has 86 valence electrons. The van der Waals surface area contributed by atoms with Gasteiger partial charge in [-0.15, -0.1) is 0 Å². The minimum absolute atomic E-state index is 0.381. The van der Waals surface area contributed by atoms with E-state index >= 15 is 0 Å². The van der Waals surface area contributed by atoms with Crippen LogP contribution in [0.3, 0.4) is 0 Å². The van der Waals surface area contributed by atoms with E-state index in [1.165, 1.54) is 4.90 Å². The van der Waals surface area contributed by atoms with Crippen LogP contribution in [0, 0.1) is 0 Å². The highest BCUT2D eigenvalue weighted by Crippen LogP contribution is 2.20. The van der Waals surface area contributed by atoms with Crippen molar-refractivity contribution in [3.05, 3.63) is 0 Å². The molecule has 0 aliphatic carbocycles. The van der Waals surface area contributed by atoms with Crippen LogP contribution in [0.25, 0.3) is 0 Å². The van der Waals surface area contributed by atoms with Gasteiger partial charge in [-0.2, -0.15) is 0 Å². The van der Waals surface area contributed by atoms with E-state index in [4.69, 9.17) is 5.73 Å². The maximum absolute atomic E-state index is 11.8. The maximum Gasteiger partial charge on any atom is 0.312 e. The molecule has 1 unspecified atom stereocenters. The number of carbonyl (C=O) groups is 2. The van der Waals surface area contributed by atoms with E-state index in [9.17, 15) is 9.59 Å². The Hall–Kier alpha value is -1.10. The third-order valence-electron chi connectivity index (χ3n) is 3.29. The highest BCUT2D eigenvalue weighted by molar-refractivity contribution is 6.35. The van der Waals surface area contributed by atoms with Crippen LogP contribution in [0.4, 0.5) is 0 Å². The lowest BCUT2D eigenvalue weighted by Crippen LogP contribution is -2.62. The normalized spacial score (nSPS) is 21.9. The molecule has 0 aromatic rings. The van der Waals surface area contributed by atoms with Gasteiger partial charge in [0, 0.05) is 26.7 Å². The first-order chi connectivity index (χ1) is 6.96. The second-order valence-electron chi connectivity index (χ2n) is 4.24. The molecule has 5 heteroatoms. The number of hydrogen-bond donors (Lipinski definition) is 1. The van der Waals surface area contributed by atoms with Crippen molar-refractivity contribution in [1.29, 1.82) is 0 Å². The van der Waals surface area contributed by atoms with Gasteiger partial charge in [0.25, 0.3) is 0 Å². The quantitative estimate of drug-likeness (QED) is 0.637. The number of rotatable bonds is 3. The molecule has 2 amide bonds. The third kappa shape index (κ3) is 1.97. The lowest BCUT2D eigenvalue weighted by atomic mass is 9.95. The fourth-order valence-corrected chi connectivity index (χ4v) is 1.69. The Kier molecular flexibility index (Phi) is 3.34. The molecule has 1 atom stereocenters. The average molecular weight is 213 g/mol. The van der Waals surface area contributed by atoms with Gasteiger partial charge in [-0.1, -0.05) is 6.92 Å². The lowest BCUT2D eigenvalue weighted by Gasteiger charge is -2.43. The average Bonchev–Trinajstić information content (AvgIpc) is 2.25. The summed E-state index contributed by atoms with van der Waals surface area (Å²) in [4.78, 5) is 26.3. The van der Waals surface area contributed by atoms with Gasteiger partial charge in [0.1, 0.15) is 0 Å². The highest BCUT2D eigenvalue weighted by Gasteiger charge is 2.39. The number of hydrogen-bond acceptors (Lipinski definition) is 3. The van der Waals surface area contributed by atoms with Crippen LogP contribution >= 0.6 is 0 Å². The van der Waals surface area contributed by atoms with Crippen molar-refractivity contribution in [2.24, 2.45) is 5.73 Å². The van der Waals surface area contributed by atoms with Crippen molar-refractivity contribution < 1.29 is 9.59 Å². The smallest absolute Gasteiger partial charge is 0.312 e. The summed E-state index contributed by atoms with van der Waals surface area (Å²) >= 11 is 0. The summed E-state index contributed by atoms with van der Waals surface area (Å²) < 4.78 is 0. The summed E-state index contributed by atoms with van der Waals surface area (Å²) in [7, 11) is 1.64. The van der Waals surface area contributed by atoms with Crippen LogP contribution in [0.1, 0.15) is 20.3 Å². The summed E-state index contributed by atoms with van der Waals surface area (Å²) in [5.41, 5.74) is 5.28. The molecule has 0 radical (unpaired) electrons. The second-order valence-corrected chi connectivity index (χ2v) is 4.24. The van der Waals surface area contributed by atoms with Crippen LogP contribution in [-0.2, 0) is 9.59 Å². The first-order valence-corrected chi connectivity index (χ1v) is 5.23. The SMILES string of the molecule is CCC(C)(CN)N1CCN(C)C(=O)C1=O. The van der Waals surface area contributed by atoms with Crippen molar-refractivity contribution in [3.63, 3.8) is 0 Å². The van der Waals surface area contributed by atoms with Gasteiger partial charge < -0.3 is 15.5 Å². The van der Waals surface area contributed by atoms with Crippen LogP contribution in [0.2, 0.25) is 0 Å². The number of nitrogens with zero attached hydrogens (tertiary/aromatic N) is 2. The predicted molar refractivity (Wildman–Crippen MR) is 57.1 cm³/mol. The molecule has 1 aliphatic rings. The van der Waals surface area contributed by atoms with E-state index in [1.807, 2.05) is 13.8 Å². The van der Waals surface area contributed by atoms with Crippen LogP contribution in [-0.4, -0.2) is 53.8 Å². The Morgan fingerprint density at radius 2 is 1.93 bits per heavy atom. The molecule has 1 rings (SSSR count). The molecule has 1 aliphatic heterocycles. The van der Waals surface area contributed by atoms with Gasteiger partial charge in [-0.3, -0.25) is 9.59 Å². The molecular weight excluding hydrogens is 194 g/mol. The number of likely N-dealkylation sites (N-methyl/N-ethyl adjacent to an activating group) is 1. The number of carbonyl (C=O) groups excluding carboxylic acids is 2. The summed E-state index contributed by atoms with van der Waals surface area (Å²) in [6.07, 6.45) is 0.756. The first kappa shape index (κ1) is 12.0. The Morgan fingerprint density at radius 1 is 1.33 bits per heavy atom. The second kappa shape index (κ2) is 4.18. The van der Waals surface area contributed by atoms with Gasteiger partial charge in [0.15, 0.2) is 0 Å². The minimum Gasteiger partial charge on any atom is -0.336 e. The molecule has 5 nitrogen and oxygen atoms in total. The monoisotopic (exact) mass is 213 g/mol. The molecule has 1 heterocycles. The fraction of sp³-hybridized carbons (Fsp3) is 0.800. The van der Waals surface area contributed by atoms with E-state index in [2.05, 4.69) is 0 Å². The topological polar surface area (TPSA) is 66.6 Å². The third-order valence-corrected chi connectivity index (χ3v) is 3.29. The summed E-state index contributed by atoms with van der Waals surface area (Å²) in [6.45, 7) is 5.43. The maximum atomic E-state index is 11.8. The van der Waals surface area contributed by atoms with E-state index < -0.39 is 17.4 Å². The van der Waals surface area contributed by atoms with Gasteiger partial charge in [0.05, 0.1) is 5.54 Å². The fourth-order valence-electron chi connectivity index (χ4n) is 1.69. The lowest BCUT2D eigenvalue weighted by molar-refractivity contribution is -0.159. The molecule has 0 spiro atoms. The summed E-state index contributed by atoms with van der Waals surface area (Å²) in [5.74, 6) is -0.868. The highest BCUT2D eigenvalue weighted by atomic mass is 16.2. The zero-order valence-corrected chi connectivity index (χ0v) is 9.62. The van der Waals surface area contributed by atoms with Crippen LogP contribution < -0.4 is 5.73 Å². The zero-order valence-electron chi connectivity index (χ0n) is 9.62. The van der Waals surface area contributed by atoms with Gasteiger partial charge >= 0.3 is 11.8 Å². The van der Waals surface area contributed by atoms with Crippen LogP contribution in [0.15, 0.2) is 0 Å². The van der Waals surface area contributed by atoms with Gasteiger partial charge in [0.2, 0.25) is 0 Å². The molecule has 0 saturated carbocycles. The van der Waals surface area contributed by atoms with Gasteiger partial charge in [-0.25, -0.2) is 0 Å². The Morgan fingerprint density at radius 3 is 2.40 bits per heavy atom. The van der Waals surface area contributed by atoms with Crippen molar-refractivity contribution >= 4 is 11.8 Å².